The van der Waals surface area contributed by atoms with E-state index >= 15 is 0 Å². The summed E-state index contributed by atoms with van der Waals surface area (Å²) in [5.41, 5.74) is 0.255. The van der Waals surface area contributed by atoms with Crippen LogP contribution in [0.5, 0.6) is 5.75 Å². The second-order valence-corrected chi connectivity index (χ2v) is 7.65. The summed E-state index contributed by atoms with van der Waals surface area (Å²) >= 11 is 6.04. The van der Waals surface area contributed by atoms with Gasteiger partial charge in [-0.3, -0.25) is 4.79 Å². The van der Waals surface area contributed by atoms with Gasteiger partial charge >= 0.3 is 0 Å². The van der Waals surface area contributed by atoms with E-state index in [0.29, 0.717) is 10.8 Å². The topological polar surface area (TPSA) is 76.1 Å². The van der Waals surface area contributed by atoms with E-state index in [1.165, 1.54) is 7.11 Å². The van der Waals surface area contributed by atoms with Gasteiger partial charge in [-0.1, -0.05) is 17.7 Å². The van der Waals surface area contributed by atoms with Crippen molar-refractivity contribution < 1.29 is 18.3 Å². The van der Waals surface area contributed by atoms with Gasteiger partial charge in [0.15, 0.2) is 5.69 Å². The highest BCUT2D eigenvalue weighted by molar-refractivity contribution is 6.29. The molecule has 1 aliphatic rings. The summed E-state index contributed by atoms with van der Waals surface area (Å²) in [7, 11) is 1.43. The summed E-state index contributed by atoms with van der Waals surface area (Å²) in [6.45, 7) is 0. The van der Waals surface area contributed by atoms with Crippen LogP contribution in [0.25, 0.3) is 0 Å². The molecule has 2 N–H and O–H groups in total. The smallest absolute Gasteiger partial charge is 0.274 e. The molecule has 160 valence electrons. The molecule has 6 nitrogen and oxygen atoms in total. The van der Waals surface area contributed by atoms with Crippen molar-refractivity contribution in [2.75, 3.05) is 12.4 Å². The lowest BCUT2D eigenvalue weighted by molar-refractivity contribution is 0.0808. The Morgan fingerprint density at radius 3 is 2.45 bits per heavy atom. The molecule has 1 fully saturated rings. The average Bonchev–Trinajstić information content (AvgIpc) is 2.69. The molecular formula is C22H19ClF2N4O2. The van der Waals surface area contributed by atoms with E-state index < -0.39 is 23.1 Å². The van der Waals surface area contributed by atoms with Crippen LogP contribution in [0.1, 0.15) is 35.4 Å². The molecule has 3 aromatic rings. The molecule has 0 bridgehead atoms. The van der Waals surface area contributed by atoms with E-state index in [0.717, 1.165) is 37.5 Å². The predicted molar refractivity (Wildman–Crippen MR) is 113 cm³/mol. The number of pyridine rings is 2. The third-order valence-corrected chi connectivity index (χ3v) is 5.40. The zero-order chi connectivity index (χ0) is 22.0. The van der Waals surface area contributed by atoms with Crippen molar-refractivity contribution in [3.05, 3.63) is 76.7 Å². The van der Waals surface area contributed by atoms with Crippen molar-refractivity contribution in [3.63, 3.8) is 0 Å². The Morgan fingerprint density at radius 1 is 1.10 bits per heavy atom. The van der Waals surface area contributed by atoms with Gasteiger partial charge in [-0.05, 0) is 55.7 Å². The zero-order valence-electron chi connectivity index (χ0n) is 16.6. The monoisotopic (exact) mass is 444 g/mol. The standard InChI is InChI=1S/C22H19ClF2N4O2/c1-31-16-6-7-19(26-15-11-13(24)10-14(25)12-15)28-20(16)21(30)29-22(8-3-9-22)17-4-2-5-18(23)27-17/h2,4-7,10-12H,3,8-9H2,1H3,(H,26,28)(H,29,30). The highest BCUT2D eigenvalue weighted by Crippen LogP contribution is 2.41. The fraction of sp³-hybridized carbons (Fsp3) is 0.227. The number of aromatic nitrogens is 2. The summed E-state index contributed by atoms with van der Waals surface area (Å²) in [5, 5.41) is 6.18. The van der Waals surface area contributed by atoms with Crippen LogP contribution < -0.4 is 15.4 Å². The number of methoxy groups -OCH3 is 1. The number of carbonyl (C=O) groups is 1. The van der Waals surface area contributed by atoms with E-state index in [9.17, 15) is 13.6 Å². The number of rotatable bonds is 6. The fourth-order valence-corrected chi connectivity index (χ4v) is 3.71. The number of nitrogens with one attached hydrogen (secondary N) is 2. The highest BCUT2D eigenvalue weighted by Gasteiger charge is 2.42. The van der Waals surface area contributed by atoms with Gasteiger partial charge in [0.25, 0.3) is 5.91 Å². The number of carbonyl (C=O) groups excluding carboxylic acids is 1. The van der Waals surface area contributed by atoms with Crippen LogP contribution in [0.3, 0.4) is 0 Å². The molecular weight excluding hydrogens is 426 g/mol. The fourth-order valence-electron chi connectivity index (χ4n) is 3.54. The van der Waals surface area contributed by atoms with Crippen LogP contribution in [-0.2, 0) is 5.54 Å². The van der Waals surface area contributed by atoms with Crippen LogP contribution in [-0.4, -0.2) is 23.0 Å². The lowest BCUT2D eigenvalue weighted by Gasteiger charge is -2.42. The van der Waals surface area contributed by atoms with Crippen LogP contribution in [0.2, 0.25) is 5.15 Å². The molecule has 4 rings (SSSR count). The Morgan fingerprint density at radius 2 is 1.84 bits per heavy atom. The number of benzene rings is 1. The average molecular weight is 445 g/mol. The lowest BCUT2D eigenvalue weighted by atomic mass is 9.74. The summed E-state index contributed by atoms with van der Waals surface area (Å²) in [6.07, 6.45) is 2.37. The van der Waals surface area contributed by atoms with Crippen molar-refractivity contribution >= 4 is 29.0 Å². The van der Waals surface area contributed by atoms with E-state index in [1.807, 2.05) is 6.07 Å². The Labute approximate surface area is 182 Å². The second kappa shape index (κ2) is 8.47. The minimum Gasteiger partial charge on any atom is -0.494 e. The van der Waals surface area contributed by atoms with Gasteiger partial charge in [0.1, 0.15) is 28.4 Å². The van der Waals surface area contributed by atoms with E-state index in [1.54, 1.807) is 24.3 Å². The maximum atomic E-state index is 13.5. The summed E-state index contributed by atoms with van der Waals surface area (Å²) in [4.78, 5) is 21.8. The van der Waals surface area contributed by atoms with Crippen LogP contribution in [0.15, 0.2) is 48.5 Å². The van der Waals surface area contributed by atoms with Crippen molar-refractivity contribution in [1.82, 2.24) is 15.3 Å². The van der Waals surface area contributed by atoms with Crippen molar-refractivity contribution in [1.29, 1.82) is 0 Å². The van der Waals surface area contributed by atoms with Gasteiger partial charge in [-0.25, -0.2) is 18.7 Å². The molecule has 9 heteroatoms. The van der Waals surface area contributed by atoms with Crippen molar-refractivity contribution in [2.24, 2.45) is 0 Å². The largest absolute Gasteiger partial charge is 0.494 e. The zero-order valence-corrected chi connectivity index (χ0v) is 17.3. The molecule has 0 aliphatic heterocycles. The number of halogens is 3. The Hall–Kier alpha value is -3.26. The number of amides is 1. The van der Waals surface area contributed by atoms with Gasteiger partial charge < -0.3 is 15.4 Å². The third kappa shape index (κ3) is 4.44. The van der Waals surface area contributed by atoms with Crippen LogP contribution in [0, 0.1) is 11.6 Å². The van der Waals surface area contributed by atoms with Crippen LogP contribution in [0.4, 0.5) is 20.3 Å². The molecule has 0 unspecified atom stereocenters. The quantitative estimate of drug-likeness (QED) is 0.525. The minimum absolute atomic E-state index is 0.0395. The molecule has 1 amide bonds. The minimum atomic E-state index is -0.727. The SMILES string of the molecule is COc1ccc(Nc2cc(F)cc(F)c2)nc1C(=O)NC1(c2cccc(Cl)n2)CCC1. The number of nitrogens with zero attached hydrogens (tertiary/aromatic N) is 2. The first-order valence-corrected chi connectivity index (χ1v) is 10.00. The maximum Gasteiger partial charge on any atom is 0.274 e. The molecule has 31 heavy (non-hydrogen) atoms. The second-order valence-electron chi connectivity index (χ2n) is 7.27. The van der Waals surface area contributed by atoms with Gasteiger partial charge in [-0.2, -0.15) is 0 Å². The number of ether oxygens (including phenoxy) is 1. The molecule has 0 spiro atoms. The summed E-state index contributed by atoms with van der Waals surface area (Å²) in [5.74, 6) is -1.40. The molecule has 0 radical (unpaired) electrons. The molecule has 1 saturated carbocycles. The van der Waals surface area contributed by atoms with Crippen molar-refractivity contribution in [3.8, 4) is 5.75 Å². The predicted octanol–water partition coefficient (Wildman–Crippen LogP) is 4.97. The van der Waals surface area contributed by atoms with Crippen LogP contribution >= 0.6 is 11.6 Å². The van der Waals surface area contributed by atoms with Gasteiger partial charge in [-0.15, -0.1) is 0 Å². The maximum absolute atomic E-state index is 13.5. The molecule has 2 aromatic heterocycles. The Bertz CT molecular complexity index is 1120. The Balaban J connectivity index is 1.61. The number of anilines is 2. The Kier molecular flexibility index (Phi) is 5.73. The number of hydrogen-bond acceptors (Lipinski definition) is 5. The van der Waals surface area contributed by atoms with Gasteiger partial charge in [0.2, 0.25) is 0 Å². The normalized spacial score (nSPS) is 14.5. The molecule has 1 aromatic carbocycles. The molecule has 2 heterocycles. The first-order valence-electron chi connectivity index (χ1n) is 9.62. The van der Waals surface area contributed by atoms with E-state index in [2.05, 4.69) is 20.6 Å². The third-order valence-electron chi connectivity index (χ3n) is 5.19. The molecule has 0 atom stereocenters. The van der Waals surface area contributed by atoms with E-state index in [4.69, 9.17) is 16.3 Å². The summed E-state index contributed by atoms with van der Waals surface area (Å²) in [6, 6.07) is 11.4. The highest BCUT2D eigenvalue weighted by atomic mass is 35.5. The van der Waals surface area contributed by atoms with Crippen molar-refractivity contribution in [2.45, 2.75) is 24.8 Å². The van der Waals surface area contributed by atoms with Gasteiger partial charge in [0.05, 0.1) is 18.3 Å². The lowest BCUT2D eigenvalue weighted by Crippen LogP contribution is -2.51. The van der Waals surface area contributed by atoms with E-state index in [-0.39, 0.29) is 22.9 Å². The number of hydrogen-bond donors (Lipinski definition) is 2. The molecule has 1 aliphatic carbocycles. The first-order chi connectivity index (χ1) is 14.9. The first kappa shape index (κ1) is 21.0. The summed E-state index contributed by atoms with van der Waals surface area (Å²) < 4.78 is 32.2. The van der Waals surface area contributed by atoms with Gasteiger partial charge in [0, 0.05) is 11.8 Å². The molecule has 0 saturated heterocycles.